The second-order valence-electron chi connectivity index (χ2n) is 4.33. The zero-order valence-corrected chi connectivity index (χ0v) is 11.3. The lowest BCUT2D eigenvalue weighted by Crippen LogP contribution is -2.37. The Kier molecular flexibility index (Phi) is 5.92. The van der Waals surface area contributed by atoms with Gasteiger partial charge in [-0.05, 0) is 25.1 Å². The first kappa shape index (κ1) is 16.7. The van der Waals surface area contributed by atoms with Crippen LogP contribution in [0, 0.1) is 15.9 Å². The third-order valence-electron chi connectivity index (χ3n) is 2.84. The number of likely N-dealkylation sites (N-methyl/N-ethyl adjacent to an activating group) is 1. The topological polar surface area (TPSA) is 110 Å². The molecule has 7 nitrogen and oxygen atoms in total. The average Bonchev–Trinajstić information content (AvgIpc) is 2.42. The van der Waals surface area contributed by atoms with Crippen LogP contribution < -0.4 is 5.32 Å². The van der Waals surface area contributed by atoms with E-state index in [0.717, 1.165) is 18.2 Å². The maximum Gasteiger partial charge on any atom is 0.305 e. The van der Waals surface area contributed by atoms with Gasteiger partial charge in [0.2, 0.25) is 5.82 Å². The number of nitrogens with one attached hydrogen (secondary N) is 1. The van der Waals surface area contributed by atoms with Gasteiger partial charge in [-0.2, -0.15) is 4.39 Å². The Morgan fingerprint density at radius 3 is 2.67 bits per heavy atom. The molecule has 0 aliphatic rings. The first-order valence-corrected chi connectivity index (χ1v) is 6.30. The average molecular weight is 298 g/mol. The van der Waals surface area contributed by atoms with Crippen LogP contribution in [0.1, 0.15) is 30.1 Å². The molecule has 8 heteroatoms. The number of nitro benzene ring substituents is 1. The molecule has 0 aliphatic heterocycles. The fourth-order valence-corrected chi connectivity index (χ4v) is 1.85. The molecule has 1 aromatic carbocycles. The maximum atomic E-state index is 13.2. The number of halogens is 1. The van der Waals surface area contributed by atoms with Crippen molar-refractivity contribution in [3.05, 3.63) is 39.7 Å². The summed E-state index contributed by atoms with van der Waals surface area (Å²) in [4.78, 5) is 32.6. The quantitative estimate of drug-likeness (QED) is 0.430. The Balaban J connectivity index is 3.00. The summed E-state index contributed by atoms with van der Waals surface area (Å²) in [5.41, 5.74) is -0.811. The van der Waals surface area contributed by atoms with Gasteiger partial charge in [0.25, 0.3) is 0 Å². The Bertz CT molecular complexity index is 561. The summed E-state index contributed by atoms with van der Waals surface area (Å²) in [5, 5.41) is 22.1. The molecule has 1 atom stereocenters. The summed E-state index contributed by atoms with van der Waals surface area (Å²) in [7, 11) is 0. The number of nitro groups is 1. The first-order chi connectivity index (χ1) is 9.86. The molecule has 0 aliphatic carbocycles. The number of Topliss-reactive ketones (excluding diaryl/α,β-unsaturated/α-hetero) is 1. The Labute approximate surface area is 119 Å². The number of benzene rings is 1. The van der Waals surface area contributed by atoms with E-state index in [0.29, 0.717) is 6.54 Å². The van der Waals surface area contributed by atoms with Gasteiger partial charge in [-0.3, -0.25) is 19.7 Å². The highest BCUT2D eigenvalue weighted by Gasteiger charge is 2.23. The van der Waals surface area contributed by atoms with E-state index in [1.807, 2.05) is 0 Å². The molecule has 0 saturated heterocycles. The number of carboxylic acid groups (broad SMARTS) is 1. The van der Waals surface area contributed by atoms with E-state index in [4.69, 9.17) is 5.11 Å². The minimum atomic E-state index is -1.05. The van der Waals surface area contributed by atoms with Gasteiger partial charge >= 0.3 is 11.7 Å². The molecular weight excluding hydrogens is 283 g/mol. The van der Waals surface area contributed by atoms with Crippen molar-refractivity contribution in [2.45, 2.75) is 25.8 Å². The molecular formula is C13H15FN2O5. The number of hydrogen-bond donors (Lipinski definition) is 2. The van der Waals surface area contributed by atoms with E-state index in [1.54, 1.807) is 6.92 Å². The van der Waals surface area contributed by atoms with Crippen LogP contribution in [0.15, 0.2) is 18.2 Å². The largest absolute Gasteiger partial charge is 0.481 e. The number of aliphatic carboxylic acids is 1. The van der Waals surface area contributed by atoms with Crippen LogP contribution in [0.25, 0.3) is 0 Å². The molecule has 0 spiro atoms. The molecule has 1 unspecified atom stereocenters. The highest BCUT2D eigenvalue weighted by Crippen LogP contribution is 2.20. The SMILES string of the molecule is CCNC(CCC(=O)O)C(=O)c1ccc(F)c([N+](=O)[O-])c1. The first-order valence-electron chi connectivity index (χ1n) is 6.30. The predicted molar refractivity (Wildman–Crippen MR) is 71.7 cm³/mol. The standard InChI is InChI=1S/C13H15FN2O5/c1-2-15-10(5-6-12(17)18)13(19)8-3-4-9(14)11(7-8)16(20)21/h3-4,7,10,15H,2,5-6H2,1H3,(H,17,18). The van der Waals surface area contributed by atoms with Gasteiger partial charge in [0.1, 0.15) is 0 Å². The predicted octanol–water partition coefficient (Wildman–Crippen LogP) is 1.76. The smallest absolute Gasteiger partial charge is 0.305 e. The highest BCUT2D eigenvalue weighted by atomic mass is 19.1. The van der Waals surface area contributed by atoms with Crippen molar-refractivity contribution < 1.29 is 24.0 Å². The van der Waals surface area contributed by atoms with Crippen molar-refractivity contribution in [2.24, 2.45) is 0 Å². The Morgan fingerprint density at radius 2 is 2.14 bits per heavy atom. The summed E-state index contributed by atoms with van der Waals surface area (Å²) in [5.74, 6) is -2.57. The van der Waals surface area contributed by atoms with Crippen LogP contribution in [0.3, 0.4) is 0 Å². The van der Waals surface area contributed by atoms with Gasteiger partial charge < -0.3 is 10.4 Å². The molecule has 0 amide bonds. The van der Waals surface area contributed by atoms with Crippen molar-refractivity contribution in [3.8, 4) is 0 Å². The summed E-state index contributed by atoms with van der Waals surface area (Å²) >= 11 is 0. The third kappa shape index (κ3) is 4.60. The van der Waals surface area contributed by atoms with Crippen molar-refractivity contribution in [1.82, 2.24) is 5.32 Å². The molecule has 1 aromatic rings. The van der Waals surface area contributed by atoms with Crippen molar-refractivity contribution in [2.75, 3.05) is 6.54 Å². The molecule has 0 fully saturated rings. The van der Waals surface area contributed by atoms with E-state index in [2.05, 4.69) is 5.32 Å². The van der Waals surface area contributed by atoms with E-state index < -0.39 is 34.2 Å². The zero-order chi connectivity index (χ0) is 16.0. The second-order valence-corrected chi connectivity index (χ2v) is 4.33. The second kappa shape index (κ2) is 7.44. The summed E-state index contributed by atoms with van der Waals surface area (Å²) in [6, 6.07) is 2.08. The van der Waals surface area contributed by atoms with Crippen molar-refractivity contribution in [3.63, 3.8) is 0 Å². The van der Waals surface area contributed by atoms with Gasteiger partial charge in [0.15, 0.2) is 5.78 Å². The van der Waals surface area contributed by atoms with Crippen molar-refractivity contribution >= 4 is 17.4 Å². The number of carbonyl (C=O) groups excluding carboxylic acids is 1. The number of nitrogens with zero attached hydrogens (tertiary/aromatic N) is 1. The van der Waals surface area contributed by atoms with Crippen LogP contribution in [-0.2, 0) is 4.79 Å². The highest BCUT2D eigenvalue weighted by molar-refractivity contribution is 6.00. The van der Waals surface area contributed by atoms with Gasteiger partial charge in [0, 0.05) is 18.1 Å². The lowest BCUT2D eigenvalue weighted by atomic mass is 9.99. The van der Waals surface area contributed by atoms with E-state index in [9.17, 15) is 24.1 Å². The maximum absolute atomic E-state index is 13.2. The molecule has 0 bridgehead atoms. The summed E-state index contributed by atoms with van der Waals surface area (Å²) in [6.45, 7) is 2.17. The normalized spacial score (nSPS) is 11.9. The molecule has 0 heterocycles. The van der Waals surface area contributed by atoms with Gasteiger partial charge in [-0.25, -0.2) is 0 Å². The zero-order valence-electron chi connectivity index (χ0n) is 11.3. The number of hydrogen-bond acceptors (Lipinski definition) is 5. The van der Waals surface area contributed by atoms with E-state index >= 15 is 0 Å². The van der Waals surface area contributed by atoms with Crippen LogP contribution >= 0.6 is 0 Å². The molecule has 21 heavy (non-hydrogen) atoms. The molecule has 0 radical (unpaired) electrons. The van der Waals surface area contributed by atoms with Crippen LogP contribution in [0.2, 0.25) is 0 Å². The fourth-order valence-electron chi connectivity index (χ4n) is 1.85. The van der Waals surface area contributed by atoms with Gasteiger partial charge in [0.05, 0.1) is 11.0 Å². The van der Waals surface area contributed by atoms with E-state index in [-0.39, 0.29) is 18.4 Å². The molecule has 0 aromatic heterocycles. The number of ketones is 1. The third-order valence-corrected chi connectivity index (χ3v) is 2.84. The van der Waals surface area contributed by atoms with E-state index in [1.165, 1.54) is 0 Å². The van der Waals surface area contributed by atoms with Crippen LogP contribution in [0.4, 0.5) is 10.1 Å². The molecule has 2 N–H and O–H groups in total. The minimum Gasteiger partial charge on any atom is -0.481 e. The number of carbonyl (C=O) groups is 2. The van der Waals surface area contributed by atoms with Gasteiger partial charge in [-0.1, -0.05) is 6.92 Å². The van der Waals surface area contributed by atoms with Crippen LogP contribution in [-0.4, -0.2) is 34.4 Å². The minimum absolute atomic E-state index is 0.0283. The van der Waals surface area contributed by atoms with Gasteiger partial charge in [-0.15, -0.1) is 0 Å². The lowest BCUT2D eigenvalue weighted by Gasteiger charge is -2.15. The lowest BCUT2D eigenvalue weighted by molar-refractivity contribution is -0.387. The molecule has 0 saturated carbocycles. The molecule has 1 rings (SSSR count). The summed E-state index contributed by atoms with van der Waals surface area (Å²) in [6.07, 6.45) is -0.167. The van der Waals surface area contributed by atoms with Crippen molar-refractivity contribution in [1.29, 1.82) is 0 Å². The molecule has 114 valence electrons. The summed E-state index contributed by atoms with van der Waals surface area (Å²) < 4.78 is 13.2. The fraction of sp³-hybridized carbons (Fsp3) is 0.385. The monoisotopic (exact) mass is 298 g/mol. The Morgan fingerprint density at radius 1 is 1.48 bits per heavy atom. The number of rotatable bonds is 8. The number of carboxylic acids is 1. The van der Waals surface area contributed by atoms with Crippen LogP contribution in [0.5, 0.6) is 0 Å². The Hall–Kier alpha value is -2.35.